The van der Waals surface area contributed by atoms with Gasteiger partial charge in [-0.15, -0.1) is 6.58 Å². The predicted molar refractivity (Wildman–Crippen MR) is 66.5 cm³/mol. The fourth-order valence-corrected chi connectivity index (χ4v) is 2.07. The molecule has 82 valence electrons. The molecule has 2 aromatic rings. The van der Waals surface area contributed by atoms with Crippen LogP contribution >= 0.6 is 0 Å². The molecule has 0 aliphatic carbocycles. The van der Waals surface area contributed by atoms with Gasteiger partial charge in [0.15, 0.2) is 0 Å². The average Bonchev–Trinajstić information content (AvgIpc) is 2.82. The van der Waals surface area contributed by atoms with Crippen LogP contribution in [0, 0.1) is 6.92 Å². The molecule has 0 saturated heterocycles. The van der Waals surface area contributed by atoms with Gasteiger partial charge in [0.05, 0.1) is 11.7 Å². The van der Waals surface area contributed by atoms with Gasteiger partial charge in [-0.1, -0.05) is 30.3 Å². The van der Waals surface area contributed by atoms with Crippen molar-refractivity contribution in [1.29, 1.82) is 0 Å². The maximum Gasteiger partial charge on any atom is 0.117 e. The summed E-state index contributed by atoms with van der Waals surface area (Å²) in [6.45, 7) is 8.18. The van der Waals surface area contributed by atoms with Gasteiger partial charge in [-0.3, -0.25) is 0 Å². The number of allylic oxidation sites excluding steroid dienone is 1. The first-order valence-corrected chi connectivity index (χ1v) is 5.42. The molecular weight excluding hydrogens is 196 g/mol. The minimum atomic E-state index is -0.255. The zero-order valence-corrected chi connectivity index (χ0v) is 9.73. The summed E-state index contributed by atoms with van der Waals surface area (Å²) < 4.78 is 5.53. The van der Waals surface area contributed by atoms with Crippen LogP contribution in [0.4, 0.5) is 0 Å². The van der Waals surface area contributed by atoms with Crippen molar-refractivity contribution in [3.05, 3.63) is 72.2 Å². The van der Waals surface area contributed by atoms with Gasteiger partial charge < -0.3 is 4.42 Å². The highest BCUT2D eigenvalue weighted by Crippen LogP contribution is 2.35. The van der Waals surface area contributed by atoms with Gasteiger partial charge in [0.25, 0.3) is 0 Å². The molecule has 0 N–H and O–H groups in total. The number of furan rings is 1. The molecule has 0 radical (unpaired) electrons. The fourth-order valence-electron chi connectivity index (χ4n) is 2.07. The lowest BCUT2D eigenvalue weighted by atomic mass is 9.78. The predicted octanol–water partition coefficient (Wildman–Crippen LogP) is 4.08. The number of aryl methyl sites for hydroxylation is 1. The van der Waals surface area contributed by atoms with Crippen molar-refractivity contribution in [1.82, 2.24) is 0 Å². The minimum Gasteiger partial charge on any atom is -0.468 e. The first-order valence-electron chi connectivity index (χ1n) is 5.42. The van der Waals surface area contributed by atoms with E-state index in [1.54, 1.807) is 6.26 Å². The van der Waals surface area contributed by atoms with Crippen molar-refractivity contribution in [3.63, 3.8) is 0 Å². The zero-order valence-electron chi connectivity index (χ0n) is 9.73. The third-order valence-electron chi connectivity index (χ3n) is 3.15. The average molecular weight is 212 g/mol. The van der Waals surface area contributed by atoms with Crippen molar-refractivity contribution >= 4 is 0 Å². The topological polar surface area (TPSA) is 13.1 Å². The molecule has 1 aromatic heterocycles. The molecule has 0 bridgehead atoms. The van der Waals surface area contributed by atoms with E-state index in [-0.39, 0.29) is 5.41 Å². The van der Waals surface area contributed by atoms with Gasteiger partial charge in [-0.25, -0.2) is 0 Å². The van der Waals surface area contributed by atoms with Gasteiger partial charge in [0.2, 0.25) is 0 Å². The zero-order chi connectivity index (χ0) is 11.6. The second kappa shape index (κ2) is 4.01. The first-order chi connectivity index (χ1) is 7.68. The summed E-state index contributed by atoms with van der Waals surface area (Å²) >= 11 is 0. The number of hydrogen-bond donors (Lipinski definition) is 0. The monoisotopic (exact) mass is 212 g/mol. The highest BCUT2D eigenvalue weighted by atomic mass is 16.3. The third kappa shape index (κ3) is 1.58. The summed E-state index contributed by atoms with van der Waals surface area (Å²) in [4.78, 5) is 0. The lowest BCUT2D eigenvalue weighted by Gasteiger charge is -2.25. The Kier molecular flexibility index (Phi) is 2.69. The second-order valence-electron chi connectivity index (χ2n) is 4.20. The second-order valence-corrected chi connectivity index (χ2v) is 4.20. The largest absolute Gasteiger partial charge is 0.468 e. The Hall–Kier alpha value is -1.76. The normalized spacial score (nSPS) is 14.4. The summed E-state index contributed by atoms with van der Waals surface area (Å²) in [6.07, 6.45) is 3.64. The van der Waals surface area contributed by atoms with Crippen LogP contribution in [-0.2, 0) is 5.41 Å². The van der Waals surface area contributed by atoms with Crippen LogP contribution in [0.5, 0.6) is 0 Å². The van der Waals surface area contributed by atoms with E-state index in [9.17, 15) is 0 Å². The van der Waals surface area contributed by atoms with E-state index in [4.69, 9.17) is 4.42 Å². The Morgan fingerprint density at radius 3 is 2.50 bits per heavy atom. The van der Waals surface area contributed by atoms with E-state index in [2.05, 4.69) is 32.6 Å². The van der Waals surface area contributed by atoms with Crippen molar-refractivity contribution in [2.24, 2.45) is 0 Å². The highest BCUT2D eigenvalue weighted by Gasteiger charge is 2.29. The quantitative estimate of drug-likeness (QED) is 0.699. The summed E-state index contributed by atoms with van der Waals surface area (Å²) in [7, 11) is 0. The first kappa shape index (κ1) is 10.7. The number of rotatable bonds is 3. The Morgan fingerprint density at radius 2 is 1.94 bits per heavy atom. The smallest absolute Gasteiger partial charge is 0.117 e. The van der Waals surface area contributed by atoms with Crippen LogP contribution in [0.3, 0.4) is 0 Å². The Balaban J connectivity index is 2.59. The molecule has 2 rings (SSSR count). The van der Waals surface area contributed by atoms with E-state index >= 15 is 0 Å². The van der Waals surface area contributed by atoms with Gasteiger partial charge in [-0.2, -0.15) is 0 Å². The summed E-state index contributed by atoms with van der Waals surface area (Å²) in [6, 6.07) is 12.2. The maximum atomic E-state index is 5.53. The van der Waals surface area contributed by atoms with E-state index in [1.807, 2.05) is 30.3 Å². The fraction of sp³-hybridized carbons (Fsp3) is 0.200. The summed E-state index contributed by atoms with van der Waals surface area (Å²) in [5.74, 6) is 0.928. The number of hydrogen-bond acceptors (Lipinski definition) is 1. The van der Waals surface area contributed by atoms with Gasteiger partial charge in [0, 0.05) is 0 Å². The van der Waals surface area contributed by atoms with E-state index in [0.29, 0.717) is 0 Å². The summed E-state index contributed by atoms with van der Waals surface area (Å²) in [5, 5.41) is 0. The molecule has 1 heterocycles. The van der Waals surface area contributed by atoms with Crippen molar-refractivity contribution in [2.75, 3.05) is 0 Å². The number of benzene rings is 1. The molecule has 1 nitrogen and oxygen atoms in total. The molecule has 0 unspecified atom stereocenters. The Labute approximate surface area is 96.4 Å². The molecule has 1 atom stereocenters. The molecule has 1 aromatic carbocycles. The molecule has 0 fully saturated rings. The highest BCUT2D eigenvalue weighted by molar-refractivity contribution is 5.43. The van der Waals surface area contributed by atoms with Crippen LogP contribution in [0.25, 0.3) is 0 Å². The summed E-state index contributed by atoms with van der Waals surface area (Å²) in [5.41, 5.74) is 2.23. The van der Waals surface area contributed by atoms with Gasteiger partial charge in [0.1, 0.15) is 5.76 Å². The van der Waals surface area contributed by atoms with Crippen LogP contribution < -0.4 is 0 Å². The minimum absolute atomic E-state index is 0.255. The van der Waals surface area contributed by atoms with E-state index in [1.165, 1.54) is 11.1 Å². The van der Waals surface area contributed by atoms with Crippen LogP contribution in [-0.4, -0.2) is 0 Å². The van der Waals surface area contributed by atoms with Crippen LogP contribution in [0.15, 0.2) is 59.7 Å². The van der Waals surface area contributed by atoms with Crippen LogP contribution in [0.1, 0.15) is 23.8 Å². The molecular formula is C15H16O. The Bertz CT molecular complexity index is 482. The standard InChI is InChI=1S/C15H16O/c1-4-15(3,14-10-7-11-16-14)13-9-6-5-8-12(13)2/h4-11H,1H2,2-3H3/t15-/m0/s1. The lowest BCUT2D eigenvalue weighted by Crippen LogP contribution is -2.20. The van der Waals surface area contributed by atoms with Crippen molar-refractivity contribution < 1.29 is 4.42 Å². The Morgan fingerprint density at radius 1 is 1.19 bits per heavy atom. The molecule has 0 aliphatic heterocycles. The molecule has 0 amide bonds. The molecule has 1 heteroatoms. The molecule has 0 spiro atoms. The van der Waals surface area contributed by atoms with E-state index in [0.717, 1.165) is 5.76 Å². The third-order valence-corrected chi connectivity index (χ3v) is 3.15. The van der Waals surface area contributed by atoms with Gasteiger partial charge in [-0.05, 0) is 37.1 Å². The van der Waals surface area contributed by atoms with E-state index < -0.39 is 0 Å². The SMILES string of the molecule is C=C[C@](C)(c1ccco1)c1ccccc1C. The lowest BCUT2D eigenvalue weighted by molar-refractivity contribution is 0.454. The van der Waals surface area contributed by atoms with Gasteiger partial charge >= 0.3 is 0 Å². The molecule has 0 saturated carbocycles. The van der Waals surface area contributed by atoms with Crippen LogP contribution in [0.2, 0.25) is 0 Å². The van der Waals surface area contributed by atoms with Crippen molar-refractivity contribution in [3.8, 4) is 0 Å². The molecule has 0 aliphatic rings. The maximum absolute atomic E-state index is 5.53. The molecule has 16 heavy (non-hydrogen) atoms. The van der Waals surface area contributed by atoms with Crippen molar-refractivity contribution in [2.45, 2.75) is 19.3 Å².